The first-order chi connectivity index (χ1) is 22.4. The summed E-state index contributed by atoms with van der Waals surface area (Å²) in [4.78, 5) is 17.5. The van der Waals surface area contributed by atoms with Gasteiger partial charge in [-0.25, -0.2) is 19.9 Å². The van der Waals surface area contributed by atoms with Crippen molar-refractivity contribution in [3.8, 4) is 33.9 Å². The van der Waals surface area contributed by atoms with Gasteiger partial charge in [0.2, 0.25) is 0 Å². The average Bonchev–Trinajstić information content (AvgIpc) is 3.09. The molecule has 0 bridgehead atoms. The second-order valence-corrected chi connectivity index (χ2v) is 12.7. The zero-order valence-electron chi connectivity index (χ0n) is 28.7. The molecule has 0 amide bonds. The highest BCUT2D eigenvalue weighted by molar-refractivity contribution is 5.67. The predicted molar refractivity (Wildman–Crippen MR) is 195 cm³/mol. The van der Waals surface area contributed by atoms with Crippen molar-refractivity contribution in [2.45, 2.75) is 98.8 Å². The fraction of sp³-hybridized carbons (Fsp3) is 0.381. The molecule has 4 heteroatoms. The van der Waals surface area contributed by atoms with Crippen LogP contribution in [-0.4, -0.2) is 19.9 Å². The summed E-state index contributed by atoms with van der Waals surface area (Å²) in [7, 11) is 0. The Labute approximate surface area is 277 Å². The van der Waals surface area contributed by atoms with Gasteiger partial charge < -0.3 is 0 Å². The van der Waals surface area contributed by atoms with Crippen molar-refractivity contribution in [1.29, 1.82) is 0 Å². The van der Waals surface area contributed by atoms with Crippen LogP contribution in [0.3, 0.4) is 0 Å². The van der Waals surface area contributed by atoms with E-state index in [1.54, 1.807) is 0 Å². The molecule has 0 radical (unpaired) electrons. The Kier molecular flexibility index (Phi) is 14.1. The number of unbranched alkanes of at least 4 members (excludes halogenated alkanes) is 6. The third-order valence-electron chi connectivity index (χ3n) is 8.55. The summed E-state index contributed by atoms with van der Waals surface area (Å²) in [6, 6.07) is 26.2. The Morgan fingerprint density at radius 1 is 0.478 bits per heavy atom. The predicted octanol–water partition coefficient (Wildman–Crippen LogP) is 11.5. The highest BCUT2D eigenvalue weighted by Gasteiger charge is 2.05. The van der Waals surface area contributed by atoms with Gasteiger partial charge in [-0.2, -0.15) is 0 Å². The van der Waals surface area contributed by atoms with Gasteiger partial charge in [0.25, 0.3) is 0 Å². The van der Waals surface area contributed by atoms with Crippen LogP contribution in [0.15, 0.2) is 97.6 Å². The van der Waals surface area contributed by atoms with Gasteiger partial charge in [-0.1, -0.05) is 139 Å². The van der Waals surface area contributed by atoms with E-state index in [0.717, 1.165) is 46.2 Å². The standard InChI is InChI=1S/C26H32N2.C16H20N2/c1-3-4-5-6-7-8-9-10-22-11-13-23(14-12-22)24-15-17-25(18-16-24)26-27-19-21(2)20-28-26;1-4-12(2)9-14-5-7-15(8-6-14)16-17-10-13(3)11-18-16/h11-20H,3-10H2,1-2H3;5-8,10-12H,4,9H2,1-3H3. The Morgan fingerprint density at radius 2 is 0.870 bits per heavy atom. The number of nitrogens with zero attached hydrogens (tertiary/aromatic N) is 4. The smallest absolute Gasteiger partial charge is 0.159 e. The second-order valence-electron chi connectivity index (χ2n) is 12.7. The van der Waals surface area contributed by atoms with E-state index in [-0.39, 0.29) is 0 Å². The Bertz CT molecular complexity index is 1540. The molecule has 0 fully saturated rings. The van der Waals surface area contributed by atoms with Crippen LogP contribution >= 0.6 is 0 Å². The van der Waals surface area contributed by atoms with Crippen molar-refractivity contribution in [2.24, 2.45) is 5.92 Å². The van der Waals surface area contributed by atoms with E-state index in [9.17, 15) is 0 Å². The van der Waals surface area contributed by atoms with Gasteiger partial charge in [-0.15, -0.1) is 0 Å². The van der Waals surface area contributed by atoms with Gasteiger partial charge in [0.05, 0.1) is 0 Å². The molecule has 0 aliphatic rings. The molecule has 0 saturated heterocycles. The molecule has 46 heavy (non-hydrogen) atoms. The van der Waals surface area contributed by atoms with Crippen molar-refractivity contribution in [3.63, 3.8) is 0 Å². The third-order valence-corrected chi connectivity index (χ3v) is 8.55. The second kappa shape index (κ2) is 18.7. The molecule has 0 saturated carbocycles. The minimum Gasteiger partial charge on any atom is -0.236 e. The molecule has 0 aliphatic carbocycles. The van der Waals surface area contributed by atoms with Crippen LogP contribution < -0.4 is 0 Å². The molecular weight excluding hydrogens is 560 g/mol. The third kappa shape index (κ3) is 11.3. The summed E-state index contributed by atoms with van der Waals surface area (Å²) < 4.78 is 0. The lowest BCUT2D eigenvalue weighted by atomic mass is 9.98. The maximum Gasteiger partial charge on any atom is 0.159 e. The number of aromatic nitrogens is 4. The van der Waals surface area contributed by atoms with Crippen molar-refractivity contribution in [3.05, 3.63) is 120 Å². The van der Waals surface area contributed by atoms with Crippen LogP contribution in [0, 0.1) is 19.8 Å². The molecule has 1 unspecified atom stereocenters. The summed E-state index contributed by atoms with van der Waals surface area (Å²) in [5, 5.41) is 0. The maximum atomic E-state index is 4.41. The maximum absolute atomic E-state index is 4.41. The Balaban J connectivity index is 0.000000230. The van der Waals surface area contributed by atoms with Crippen LogP contribution in [0.2, 0.25) is 0 Å². The van der Waals surface area contributed by atoms with E-state index < -0.39 is 0 Å². The average molecular weight is 613 g/mol. The van der Waals surface area contributed by atoms with Gasteiger partial charge in [0.1, 0.15) is 0 Å². The number of rotatable bonds is 14. The molecule has 1 atom stereocenters. The normalized spacial score (nSPS) is 11.5. The summed E-state index contributed by atoms with van der Waals surface area (Å²) in [6.07, 6.45) is 20.6. The molecule has 0 N–H and O–H groups in total. The summed E-state index contributed by atoms with van der Waals surface area (Å²) in [5.74, 6) is 2.32. The van der Waals surface area contributed by atoms with E-state index in [1.165, 1.54) is 80.0 Å². The molecule has 5 rings (SSSR count). The first kappa shape index (κ1) is 34.7. The Morgan fingerprint density at radius 3 is 1.35 bits per heavy atom. The lowest BCUT2D eigenvalue weighted by molar-refractivity contribution is 0.560. The van der Waals surface area contributed by atoms with Gasteiger partial charge in [-0.3, -0.25) is 0 Å². The first-order valence-electron chi connectivity index (χ1n) is 17.3. The first-order valence-corrected chi connectivity index (χ1v) is 17.3. The topological polar surface area (TPSA) is 51.6 Å². The molecule has 0 spiro atoms. The molecule has 2 heterocycles. The lowest BCUT2D eigenvalue weighted by Gasteiger charge is -2.08. The van der Waals surface area contributed by atoms with E-state index in [2.05, 4.69) is 114 Å². The van der Waals surface area contributed by atoms with Crippen LogP contribution in [0.25, 0.3) is 33.9 Å². The van der Waals surface area contributed by atoms with Crippen molar-refractivity contribution in [2.75, 3.05) is 0 Å². The summed E-state index contributed by atoms with van der Waals surface area (Å²) in [6.45, 7) is 10.8. The number of aryl methyl sites for hydroxylation is 3. The highest BCUT2D eigenvalue weighted by atomic mass is 14.9. The van der Waals surface area contributed by atoms with Crippen molar-refractivity contribution < 1.29 is 0 Å². The monoisotopic (exact) mass is 612 g/mol. The minimum atomic E-state index is 0.742. The number of benzene rings is 3. The molecule has 2 aromatic heterocycles. The van der Waals surface area contributed by atoms with Crippen LogP contribution in [-0.2, 0) is 12.8 Å². The van der Waals surface area contributed by atoms with Crippen LogP contribution in [0.1, 0.15) is 94.4 Å². The fourth-order valence-corrected chi connectivity index (χ4v) is 5.38. The molecule has 0 aliphatic heterocycles. The Hall–Kier alpha value is -4.18. The van der Waals surface area contributed by atoms with E-state index in [4.69, 9.17) is 0 Å². The SMILES string of the molecule is CCC(C)Cc1ccc(-c2ncc(C)cn2)cc1.CCCCCCCCCc1ccc(-c2ccc(-c3ncc(C)cn3)cc2)cc1. The zero-order chi connectivity index (χ0) is 32.6. The molecule has 4 nitrogen and oxygen atoms in total. The molecule has 240 valence electrons. The lowest BCUT2D eigenvalue weighted by Crippen LogP contribution is -1.97. The summed E-state index contributed by atoms with van der Waals surface area (Å²) >= 11 is 0. The van der Waals surface area contributed by atoms with Crippen molar-refractivity contribution in [1.82, 2.24) is 19.9 Å². The number of hydrogen-bond acceptors (Lipinski definition) is 4. The highest BCUT2D eigenvalue weighted by Crippen LogP contribution is 2.24. The van der Waals surface area contributed by atoms with Gasteiger partial charge in [0.15, 0.2) is 11.6 Å². The minimum absolute atomic E-state index is 0.742. The number of hydrogen-bond donors (Lipinski definition) is 0. The molecular formula is C42H52N4. The summed E-state index contributed by atoms with van der Waals surface area (Å²) in [5.41, 5.74) is 9.64. The van der Waals surface area contributed by atoms with Crippen LogP contribution in [0.4, 0.5) is 0 Å². The van der Waals surface area contributed by atoms with Crippen molar-refractivity contribution >= 4 is 0 Å². The van der Waals surface area contributed by atoms with Gasteiger partial charge >= 0.3 is 0 Å². The van der Waals surface area contributed by atoms with E-state index in [0.29, 0.717) is 0 Å². The zero-order valence-corrected chi connectivity index (χ0v) is 28.7. The largest absolute Gasteiger partial charge is 0.236 e. The quantitative estimate of drug-likeness (QED) is 0.117. The van der Waals surface area contributed by atoms with Gasteiger partial charge in [0, 0.05) is 35.9 Å². The van der Waals surface area contributed by atoms with E-state index >= 15 is 0 Å². The van der Waals surface area contributed by atoms with E-state index in [1.807, 2.05) is 38.6 Å². The molecule has 5 aromatic rings. The van der Waals surface area contributed by atoms with Gasteiger partial charge in [-0.05, 0) is 72.4 Å². The molecule has 3 aromatic carbocycles. The fourth-order valence-electron chi connectivity index (χ4n) is 5.38. The van der Waals surface area contributed by atoms with Crippen LogP contribution in [0.5, 0.6) is 0 Å².